The van der Waals surface area contributed by atoms with E-state index in [0.29, 0.717) is 23.9 Å². The summed E-state index contributed by atoms with van der Waals surface area (Å²) in [4.78, 5) is 16.4. The second kappa shape index (κ2) is 9.08. The van der Waals surface area contributed by atoms with Crippen LogP contribution in [0.4, 0.5) is 0 Å². The molecule has 1 aromatic carbocycles. The van der Waals surface area contributed by atoms with Crippen molar-refractivity contribution >= 4 is 5.91 Å². The number of ether oxygens (including phenoxy) is 2. The lowest BCUT2D eigenvalue weighted by molar-refractivity contribution is 0.0945. The van der Waals surface area contributed by atoms with Gasteiger partial charge in [0.15, 0.2) is 5.69 Å². The van der Waals surface area contributed by atoms with Gasteiger partial charge in [0.05, 0.1) is 20.3 Å². The van der Waals surface area contributed by atoms with Crippen molar-refractivity contribution in [2.75, 3.05) is 14.2 Å². The standard InChI is InChI=1S/C18H25N3O4/c1-4-5-6-15(19)18-21-16(11-25-18)17(22)20-10-12-7-13(23-2)9-14(8-12)24-3/h7-9,11,15H,4-6,10,19H2,1-3H3,(H,20,22). The molecule has 7 nitrogen and oxygen atoms in total. The van der Waals surface area contributed by atoms with Gasteiger partial charge in [-0.15, -0.1) is 0 Å². The zero-order chi connectivity index (χ0) is 18.2. The average molecular weight is 347 g/mol. The highest BCUT2D eigenvalue weighted by Crippen LogP contribution is 2.22. The lowest BCUT2D eigenvalue weighted by Gasteiger charge is -2.09. The Morgan fingerprint density at radius 1 is 1.28 bits per heavy atom. The zero-order valence-corrected chi connectivity index (χ0v) is 14.9. The topological polar surface area (TPSA) is 99.6 Å². The first-order valence-electron chi connectivity index (χ1n) is 8.28. The van der Waals surface area contributed by atoms with E-state index in [2.05, 4.69) is 17.2 Å². The van der Waals surface area contributed by atoms with Gasteiger partial charge in [-0.3, -0.25) is 4.79 Å². The van der Waals surface area contributed by atoms with E-state index in [1.54, 1.807) is 20.3 Å². The largest absolute Gasteiger partial charge is 0.497 e. The molecule has 1 atom stereocenters. The van der Waals surface area contributed by atoms with Crippen LogP contribution in [-0.4, -0.2) is 25.1 Å². The number of carbonyl (C=O) groups is 1. The van der Waals surface area contributed by atoms with Crippen molar-refractivity contribution < 1.29 is 18.7 Å². The van der Waals surface area contributed by atoms with Gasteiger partial charge in [0.1, 0.15) is 17.8 Å². The second-order valence-corrected chi connectivity index (χ2v) is 5.72. The van der Waals surface area contributed by atoms with Crippen molar-refractivity contribution in [3.05, 3.63) is 41.6 Å². The lowest BCUT2D eigenvalue weighted by Crippen LogP contribution is -2.23. The number of benzene rings is 1. The van der Waals surface area contributed by atoms with Crippen molar-refractivity contribution in [3.63, 3.8) is 0 Å². The number of carbonyl (C=O) groups excluding carboxylic acids is 1. The number of nitrogens with two attached hydrogens (primary N) is 1. The van der Waals surface area contributed by atoms with Gasteiger partial charge in [-0.2, -0.15) is 0 Å². The van der Waals surface area contributed by atoms with Crippen LogP contribution in [-0.2, 0) is 6.54 Å². The van der Waals surface area contributed by atoms with Crippen LogP contribution in [0.3, 0.4) is 0 Å². The molecule has 0 bridgehead atoms. The Labute approximate surface area is 147 Å². The van der Waals surface area contributed by atoms with E-state index in [0.717, 1.165) is 24.8 Å². The Morgan fingerprint density at radius 3 is 2.56 bits per heavy atom. The molecule has 1 aromatic heterocycles. The van der Waals surface area contributed by atoms with Crippen LogP contribution < -0.4 is 20.5 Å². The van der Waals surface area contributed by atoms with E-state index in [-0.39, 0.29) is 17.6 Å². The Balaban J connectivity index is 1.97. The number of rotatable bonds is 9. The highest BCUT2D eigenvalue weighted by molar-refractivity contribution is 5.91. The predicted molar refractivity (Wildman–Crippen MR) is 93.7 cm³/mol. The molecule has 136 valence electrons. The van der Waals surface area contributed by atoms with Crippen molar-refractivity contribution in [2.45, 2.75) is 38.8 Å². The number of hydrogen-bond acceptors (Lipinski definition) is 6. The SMILES string of the molecule is CCCCC(N)c1nc(C(=O)NCc2cc(OC)cc(OC)c2)co1. The van der Waals surface area contributed by atoms with E-state index >= 15 is 0 Å². The summed E-state index contributed by atoms with van der Waals surface area (Å²) in [6.07, 6.45) is 4.15. The predicted octanol–water partition coefficient (Wildman–Crippen LogP) is 2.81. The molecule has 1 unspecified atom stereocenters. The van der Waals surface area contributed by atoms with Crippen LogP contribution in [0.25, 0.3) is 0 Å². The molecule has 1 heterocycles. The number of nitrogens with one attached hydrogen (secondary N) is 1. The van der Waals surface area contributed by atoms with Crippen LogP contribution >= 0.6 is 0 Å². The zero-order valence-electron chi connectivity index (χ0n) is 14.9. The fraction of sp³-hybridized carbons (Fsp3) is 0.444. The summed E-state index contributed by atoms with van der Waals surface area (Å²) in [7, 11) is 3.16. The Kier molecular flexibility index (Phi) is 6.82. The number of methoxy groups -OCH3 is 2. The fourth-order valence-corrected chi connectivity index (χ4v) is 2.35. The van der Waals surface area contributed by atoms with Crippen LogP contribution in [0.2, 0.25) is 0 Å². The number of nitrogens with zero attached hydrogens (tertiary/aromatic N) is 1. The summed E-state index contributed by atoms with van der Waals surface area (Å²) in [6.45, 7) is 2.41. The quantitative estimate of drug-likeness (QED) is 0.723. The first kappa shape index (κ1) is 18.8. The average Bonchev–Trinajstić information content (AvgIpc) is 3.14. The van der Waals surface area contributed by atoms with Gasteiger partial charge in [0.25, 0.3) is 5.91 Å². The number of unbranched alkanes of at least 4 members (excludes halogenated alkanes) is 1. The summed E-state index contributed by atoms with van der Waals surface area (Å²) >= 11 is 0. The number of hydrogen-bond donors (Lipinski definition) is 2. The molecule has 2 aromatic rings. The third kappa shape index (κ3) is 5.22. The molecule has 0 spiro atoms. The Bertz CT molecular complexity index is 677. The first-order valence-corrected chi connectivity index (χ1v) is 8.28. The molecule has 0 fully saturated rings. The minimum Gasteiger partial charge on any atom is -0.497 e. The summed E-state index contributed by atoms with van der Waals surface area (Å²) in [6, 6.07) is 5.15. The number of amides is 1. The number of aromatic nitrogens is 1. The Morgan fingerprint density at radius 2 is 1.96 bits per heavy atom. The molecule has 0 aliphatic heterocycles. The first-order chi connectivity index (χ1) is 12.1. The molecule has 0 radical (unpaired) electrons. The van der Waals surface area contributed by atoms with E-state index in [1.165, 1.54) is 6.26 Å². The third-order valence-corrected chi connectivity index (χ3v) is 3.80. The molecule has 2 rings (SSSR count). The summed E-state index contributed by atoms with van der Waals surface area (Å²) in [5.74, 6) is 1.39. The van der Waals surface area contributed by atoms with E-state index in [9.17, 15) is 4.79 Å². The molecule has 25 heavy (non-hydrogen) atoms. The minimum absolute atomic E-state index is 0.219. The summed E-state index contributed by atoms with van der Waals surface area (Å²) in [5, 5.41) is 2.80. The normalized spacial score (nSPS) is 11.8. The maximum Gasteiger partial charge on any atom is 0.273 e. The van der Waals surface area contributed by atoms with Gasteiger partial charge in [0, 0.05) is 12.6 Å². The molecule has 3 N–H and O–H groups in total. The van der Waals surface area contributed by atoms with Crippen LogP contribution in [0.5, 0.6) is 11.5 Å². The minimum atomic E-state index is -0.320. The van der Waals surface area contributed by atoms with Crippen molar-refractivity contribution in [1.29, 1.82) is 0 Å². The molecular formula is C18H25N3O4. The van der Waals surface area contributed by atoms with E-state index < -0.39 is 0 Å². The van der Waals surface area contributed by atoms with Gasteiger partial charge in [-0.1, -0.05) is 19.8 Å². The molecule has 7 heteroatoms. The van der Waals surface area contributed by atoms with Gasteiger partial charge in [0.2, 0.25) is 5.89 Å². The maximum atomic E-state index is 12.2. The van der Waals surface area contributed by atoms with Crippen LogP contribution in [0.15, 0.2) is 28.9 Å². The van der Waals surface area contributed by atoms with Crippen molar-refractivity contribution in [1.82, 2.24) is 10.3 Å². The molecule has 0 aliphatic rings. The highest BCUT2D eigenvalue weighted by Gasteiger charge is 2.16. The lowest BCUT2D eigenvalue weighted by atomic mass is 10.1. The fourth-order valence-electron chi connectivity index (χ4n) is 2.35. The smallest absolute Gasteiger partial charge is 0.273 e. The number of oxazole rings is 1. The summed E-state index contributed by atoms with van der Waals surface area (Å²) in [5.41, 5.74) is 7.08. The van der Waals surface area contributed by atoms with Gasteiger partial charge < -0.3 is 24.9 Å². The summed E-state index contributed by atoms with van der Waals surface area (Å²) < 4.78 is 15.8. The monoisotopic (exact) mass is 347 g/mol. The van der Waals surface area contributed by atoms with Crippen LogP contribution in [0, 0.1) is 0 Å². The van der Waals surface area contributed by atoms with E-state index in [4.69, 9.17) is 19.6 Å². The van der Waals surface area contributed by atoms with Crippen molar-refractivity contribution in [2.24, 2.45) is 5.73 Å². The molecule has 1 amide bonds. The van der Waals surface area contributed by atoms with Crippen LogP contribution in [0.1, 0.15) is 54.2 Å². The van der Waals surface area contributed by atoms with Gasteiger partial charge in [-0.05, 0) is 24.1 Å². The van der Waals surface area contributed by atoms with E-state index in [1.807, 2.05) is 12.1 Å². The maximum absolute atomic E-state index is 12.2. The Hall–Kier alpha value is -2.54. The third-order valence-electron chi connectivity index (χ3n) is 3.80. The second-order valence-electron chi connectivity index (χ2n) is 5.72. The molecule has 0 aliphatic carbocycles. The van der Waals surface area contributed by atoms with Gasteiger partial charge in [-0.25, -0.2) is 4.98 Å². The highest BCUT2D eigenvalue weighted by atomic mass is 16.5. The van der Waals surface area contributed by atoms with Gasteiger partial charge >= 0.3 is 0 Å². The van der Waals surface area contributed by atoms with Crippen molar-refractivity contribution in [3.8, 4) is 11.5 Å². The molecular weight excluding hydrogens is 322 g/mol. The molecule has 0 saturated heterocycles. The molecule has 0 saturated carbocycles.